The molecule has 1 saturated carbocycles. The molecule has 0 aromatic heterocycles. The van der Waals surface area contributed by atoms with Crippen LogP contribution in [0.15, 0.2) is 24.3 Å². The largest absolute Gasteiger partial charge is 0.484 e. The molecule has 6 heteroatoms. The van der Waals surface area contributed by atoms with E-state index in [-0.39, 0.29) is 23.8 Å². The normalized spacial score (nSPS) is 21.5. The Balaban J connectivity index is 1.46. The lowest BCUT2D eigenvalue weighted by atomic mass is 9.91. The predicted octanol–water partition coefficient (Wildman–Crippen LogP) is 1.65. The molecule has 1 aliphatic heterocycles. The van der Waals surface area contributed by atoms with Gasteiger partial charge in [-0.05, 0) is 48.9 Å². The van der Waals surface area contributed by atoms with Crippen LogP contribution in [0.4, 0.5) is 0 Å². The van der Waals surface area contributed by atoms with Gasteiger partial charge in [-0.3, -0.25) is 9.59 Å². The van der Waals surface area contributed by atoms with E-state index in [4.69, 9.17) is 15.1 Å². The van der Waals surface area contributed by atoms with Crippen molar-refractivity contribution >= 4 is 11.9 Å². The van der Waals surface area contributed by atoms with Gasteiger partial charge in [0.2, 0.25) is 0 Å². The number of ether oxygens (including phenoxy) is 1. The molecule has 0 radical (unpaired) electrons. The zero-order chi connectivity index (χ0) is 16.4. The van der Waals surface area contributed by atoms with Crippen LogP contribution < -0.4 is 4.74 Å². The van der Waals surface area contributed by atoms with Crippen LogP contribution in [0, 0.1) is 22.7 Å². The van der Waals surface area contributed by atoms with Gasteiger partial charge in [0.1, 0.15) is 5.75 Å². The monoisotopic (exact) mass is 314 g/mol. The third-order valence-corrected chi connectivity index (χ3v) is 4.95. The minimum absolute atomic E-state index is 0.0404. The van der Waals surface area contributed by atoms with Gasteiger partial charge < -0.3 is 14.7 Å². The summed E-state index contributed by atoms with van der Waals surface area (Å²) in [5.41, 5.74) is 0.471. The Morgan fingerprint density at radius 3 is 2.48 bits per heavy atom. The van der Waals surface area contributed by atoms with Crippen molar-refractivity contribution in [3.8, 4) is 11.8 Å². The summed E-state index contributed by atoms with van der Waals surface area (Å²) in [5, 5.41) is 17.8. The van der Waals surface area contributed by atoms with Crippen LogP contribution in [0.1, 0.15) is 24.8 Å². The van der Waals surface area contributed by atoms with Crippen molar-refractivity contribution in [3.05, 3.63) is 29.8 Å². The molecule has 1 N–H and O–H groups in total. The highest BCUT2D eigenvalue weighted by Crippen LogP contribution is 2.59. The van der Waals surface area contributed by atoms with Gasteiger partial charge in [-0.1, -0.05) is 0 Å². The van der Waals surface area contributed by atoms with Crippen LogP contribution in [0.3, 0.4) is 0 Å². The predicted molar refractivity (Wildman–Crippen MR) is 80.6 cm³/mol. The van der Waals surface area contributed by atoms with E-state index >= 15 is 0 Å². The lowest BCUT2D eigenvalue weighted by Crippen LogP contribution is -2.42. The zero-order valence-electron chi connectivity index (χ0n) is 12.7. The first-order valence-corrected chi connectivity index (χ1v) is 7.68. The lowest BCUT2D eigenvalue weighted by Gasteiger charge is -2.32. The molecule has 1 unspecified atom stereocenters. The second-order valence-corrected chi connectivity index (χ2v) is 6.26. The number of aliphatic carboxylic acids is 1. The molecular weight excluding hydrogens is 296 g/mol. The van der Waals surface area contributed by atoms with E-state index in [1.807, 2.05) is 6.07 Å². The van der Waals surface area contributed by atoms with Crippen LogP contribution in [0.5, 0.6) is 5.75 Å². The maximum Gasteiger partial charge on any atom is 0.307 e. The second kappa shape index (κ2) is 5.92. The minimum atomic E-state index is -0.714. The lowest BCUT2D eigenvalue weighted by molar-refractivity contribution is -0.140. The van der Waals surface area contributed by atoms with Crippen LogP contribution in [0.25, 0.3) is 0 Å². The Bertz CT molecular complexity index is 654. The van der Waals surface area contributed by atoms with Crippen molar-refractivity contribution in [2.24, 2.45) is 11.3 Å². The molecular formula is C17H18N2O4. The fraction of sp³-hybridized carbons (Fsp3) is 0.471. The van der Waals surface area contributed by atoms with E-state index in [2.05, 4.69) is 0 Å². The van der Waals surface area contributed by atoms with Crippen molar-refractivity contribution in [3.63, 3.8) is 0 Å². The first kappa shape index (κ1) is 15.3. The first-order chi connectivity index (χ1) is 11.0. The number of benzene rings is 1. The quantitative estimate of drug-likeness (QED) is 0.912. The SMILES string of the molecule is N#Cc1ccc(OCC(=O)N2CCC3(CC2)CC3C(=O)O)cc1. The number of nitrogens with zero attached hydrogens (tertiary/aromatic N) is 2. The van der Waals surface area contributed by atoms with Crippen LogP contribution in [-0.2, 0) is 9.59 Å². The number of nitriles is 1. The number of piperidine rings is 1. The number of rotatable bonds is 4. The van der Waals surface area contributed by atoms with Crippen LogP contribution >= 0.6 is 0 Å². The average molecular weight is 314 g/mol. The topological polar surface area (TPSA) is 90.6 Å². The number of hydrogen-bond acceptors (Lipinski definition) is 4. The first-order valence-electron chi connectivity index (χ1n) is 7.68. The van der Waals surface area contributed by atoms with Crippen LogP contribution in [0.2, 0.25) is 0 Å². The van der Waals surface area contributed by atoms with Gasteiger partial charge in [-0.15, -0.1) is 0 Å². The summed E-state index contributed by atoms with van der Waals surface area (Å²) in [4.78, 5) is 25.0. The maximum absolute atomic E-state index is 12.2. The number of carboxylic acids is 1. The molecule has 6 nitrogen and oxygen atoms in total. The van der Waals surface area contributed by atoms with Crippen molar-refractivity contribution in [2.45, 2.75) is 19.3 Å². The van der Waals surface area contributed by atoms with Crippen molar-refractivity contribution < 1.29 is 19.4 Å². The molecule has 23 heavy (non-hydrogen) atoms. The number of likely N-dealkylation sites (tertiary alicyclic amines) is 1. The van der Waals surface area contributed by atoms with Crippen LogP contribution in [-0.4, -0.2) is 41.6 Å². The van der Waals surface area contributed by atoms with E-state index in [9.17, 15) is 9.59 Å². The van der Waals surface area contributed by atoms with E-state index in [0.717, 1.165) is 19.3 Å². The van der Waals surface area contributed by atoms with Crippen molar-refractivity contribution in [1.29, 1.82) is 5.26 Å². The minimum Gasteiger partial charge on any atom is -0.484 e. The summed E-state index contributed by atoms with van der Waals surface area (Å²) >= 11 is 0. The Morgan fingerprint density at radius 2 is 1.96 bits per heavy atom. The number of amides is 1. The summed E-state index contributed by atoms with van der Waals surface area (Å²) in [7, 11) is 0. The third-order valence-electron chi connectivity index (χ3n) is 4.95. The molecule has 1 aromatic rings. The molecule has 120 valence electrons. The fourth-order valence-corrected chi connectivity index (χ4v) is 3.31. The molecule has 2 aliphatic rings. The van der Waals surface area contributed by atoms with E-state index in [1.165, 1.54) is 0 Å². The van der Waals surface area contributed by atoms with Gasteiger partial charge in [-0.25, -0.2) is 0 Å². The average Bonchev–Trinajstić information content (AvgIpc) is 3.27. The number of carbonyl (C=O) groups is 2. The number of carbonyl (C=O) groups excluding carboxylic acids is 1. The molecule has 1 aliphatic carbocycles. The van der Waals surface area contributed by atoms with Gasteiger partial charge >= 0.3 is 5.97 Å². The fourth-order valence-electron chi connectivity index (χ4n) is 3.31. The molecule has 2 fully saturated rings. The van der Waals surface area contributed by atoms with Crippen molar-refractivity contribution in [1.82, 2.24) is 4.90 Å². The van der Waals surface area contributed by atoms with Gasteiger partial charge in [0.25, 0.3) is 5.91 Å². The second-order valence-electron chi connectivity index (χ2n) is 6.26. The van der Waals surface area contributed by atoms with Gasteiger partial charge in [0.15, 0.2) is 6.61 Å². The third kappa shape index (κ3) is 3.14. The summed E-state index contributed by atoms with van der Waals surface area (Å²) in [5.74, 6) is -0.473. The maximum atomic E-state index is 12.2. The zero-order valence-corrected chi connectivity index (χ0v) is 12.7. The number of carboxylic acid groups (broad SMARTS) is 1. The molecule has 3 rings (SSSR count). The Labute approximate surface area is 134 Å². The van der Waals surface area contributed by atoms with E-state index < -0.39 is 5.97 Å². The smallest absolute Gasteiger partial charge is 0.307 e. The Morgan fingerprint density at radius 1 is 1.30 bits per heavy atom. The highest BCUT2D eigenvalue weighted by molar-refractivity contribution is 5.78. The molecule has 1 heterocycles. The molecule has 1 spiro atoms. The highest BCUT2D eigenvalue weighted by atomic mass is 16.5. The van der Waals surface area contributed by atoms with Gasteiger partial charge in [-0.2, -0.15) is 5.26 Å². The summed E-state index contributed by atoms with van der Waals surface area (Å²) < 4.78 is 5.45. The Kier molecular flexibility index (Phi) is 3.95. The number of hydrogen-bond donors (Lipinski definition) is 1. The van der Waals surface area contributed by atoms with Gasteiger partial charge in [0.05, 0.1) is 17.6 Å². The Hall–Kier alpha value is -2.55. The van der Waals surface area contributed by atoms with E-state index in [1.54, 1.807) is 29.2 Å². The van der Waals surface area contributed by atoms with E-state index in [0.29, 0.717) is 24.4 Å². The molecule has 1 amide bonds. The summed E-state index contributed by atoms with van der Waals surface area (Å²) in [6, 6.07) is 8.64. The molecule has 1 aromatic carbocycles. The van der Waals surface area contributed by atoms with Crippen molar-refractivity contribution in [2.75, 3.05) is 19.7 Å². The molecule has 1 atom stereocenters. The highest BCUT2D eigenvalue weighted by Gasteiger charge is 2.59. The molecule has 0 bridgehead atoms. The standard InChI is InChI=1S/C17H18N2O4/c18-10-12-1-3-13(4-2-12)23-11-15(20)19-7-5-17(6-8-19)9-14(17)16(21)22/h1-4,14H,5-9,11H2,(H,21,22). The summed E-state index contributed by atoms with van der Waals surface area (Å²) in [6.45, 7) is 1.15. The summed E-state index contributed by atoms with van der Waals surface area (Å²) in [6.07, 6.45) is 2.26. The molecule has 1 saturated heterocycles. The van der Waals surface area contributed by atoms with Gasteiger partial charge in [0, 0.05) is 13.1 Å².